The molecular formula is C50H28N6S2. The van der Waals surface area contributed by atoms with Crippen LogP contribution in [0.1, 0.15) is 5.56 Å². The van der Waals surface area contributed by atoms with Crippen molar-refractivity contribution in [2.45, 2.75) is 0 Å². The summed E-state index contributed by atoms with van der Waals surface area (Å²) in [6, 6.07) is 59.8. The van der Waals surface area contributed by atoms with Crippen LogP contribution in [-0.4, -0.2) is 24.9 Å². The van der Waals surface area contributed by atoms with Gasteiger partial charge in [0.1, 0.15) is 0 Å². The molecule has 6 nitrogen and oxygen atoms in total. The lowest BCUT2D eigenvalue weighted by atomic mass is 10.0. The van der Waals surface area contributed by atoms with Crippen molar-refractivity contribution in [2.75, 3.05) is 0 Å². The first-order valence-corrected chi connectivity index (χ1v) is 20.4. The lowest BCUT2D eigenvalue weighted by Crippen LogP contribution is -2.00. The lowest BCUT2D eigenvalue weighted by molar-refractivity contribution is 1.07. The third kappa shape index (κ3) is 5.89. The van der Waals surface area contributed by atoms with Gasteiger partial charge in [-0.15, -0.1) is 22.7 Å². The summed E-state index contributed by atoms with van der Waals surface area (Å²) >= 11 is 3.50. The molecule has 0 amide bonds. The number of nitriles is 1. The second kappa shape index (κ2) is 13.9. The highest BCUT2D eigenvalue weighted by molar-refractivity contribution is 7.26. The zero-order valence-corrected chi connectivity index (χ0v) is 32.3. The predicted octanol–water partition coefficient (Wildman–Crippen LogP) is 13.3. The van der Waals surface area contributed by atoms with Crippen molar-refractivity contribution in [2.24, 2.45) is 0 Å². The summed E-state index contributed by atoms with van der Waals surface area (Å²) in [7, 11) is 0. The largest absolute Gasteiger partial charge is 0.226 e. The standard InChI is InChI=1S/C50H28N6S2/c51-29-30-18-20-31(21-19-30)32-22-24-35(25-23-32)48-54-47(34-12-5-2-6-13-34)55-49(56-48)36-26-27-42-40(28-36)37-15-9-16-39(45(37)57-42)50-52-43(33-10-3-1-4-11-33)46-44(53-50)38-14-7-8-17-41(38)58-46/h1-28H. The van der Waals surface area contributed by atoms with Crippen LogP contribution >= 0.6 is 22.7 Å². The summed E-state index contributed by atoms with van der Waals surface area (Å²) in [6.45, 7) is 0. The van der Waals surface area contributed by atoms with E-state index >= 15 is 0 Å². The minimum absolute atomic E-state index is 0.593. The molecule has 0 spiro atoms. The number of benzene rings is 7. The van der Waals surface area contributed by atoms with Gasteiger partial charge in [-0.2, -0.15) is 5.26 Å². The summed E-state index contributed by atoms with van der Waals surface area (Å²) in [4.78, 5) is 25.7. The van der Waals surface area contributed by atoms with E-state index in [2.05, 4.69) is 103 Å². The molecule has 0 saturated heterocycles. The number of thiophene rings is 2. The molecular weight excluding hydrogens is 749 g/mol. The van der Waals surface area contributed by atoms with Crippen molar-refractivity contribution in [1.82, 2.24) is 24.9 Å². The summed E-state index contributed by atoms with van der Waals surface area (Å²) < 4.78 is 4.59. The number of hydrogen-bond acceptors (Lipinski definition) is 8. The molecule has 0 bridgehead atoms. The number of hydrogen-bond donors (Lipinski definition) is 0. The predicted molar refractivity (Wildman–Crippen MR) is 239 cm³/mol. The second-order valence-electron chi connectivity index (χ2n) is 14.0. The smallest absolute Gasteiger partial charge is 0.164 e. The molecule has 0 fully saturated rings. The van der Waals surface area contributed by atoms with Gasteiger partial charge in [0.25, 0.3) is 0 Å². The molecule has 0 N–H and O–H groups in total. The van der Waals surface area contributed by atoms with Gasteiger partial charge in [-0.05, 0) is 53.6 Å². The van der Waals surface area contributed by atoms with Crippen molar-refractivity contribution in [3.8, 4) is 74.0 Å². The maximum Gasteiger partial charge on any atom is 0.164 e. The van der Waals surface area contributed by atoms with Crippen LogP contribution in [-0.2, 0) is 0 Å². The highest BCUT2D eigenvalue weighted by Crippen LogP contribution is 2.43. The average molecular weight is 777 g/mol. The Morgan fingerprint density at radius 3 is 1.66 bits per heavy atom. The summed E-state index contributed by atoms with van der Waals surface area (Å²) in [5, 5.41) is 12.6. The van der Waals surface area contributed by atoms with E-state index in [1.54, 1.807) is 22.7 Å². The van der Waals surface area contributed by atoms with E-state index in [0.717, 1.165) is 80.4 Å². The number of nitrogens with zero attached hydrogens (tertiary/aromatic N) is 6. The van der Waals surface area contributed by atoms with Crippen LogP contribution in [0.4, 0.5) is 0 Å². The van der Waals surface area contributed by atoms with Crippen molar-refractivity contribution in [3.63, 3.8) is 0 Å². The Morgan fingerprint density at radius 2 is 0.931 bits per heavy atom. The van der Waals surface area contributed by atoms with Crippen LogP contribution in [0.5, 0.6) is 0 Å². The Morgan fingerprint density at radius 1 is 0.379 bits per heavy atom. The highest BCUT2D eigenvalue weighted by atomic mass is 32.1. The molecule has 8 heteroatoms. The lowest BCUT2D eigenvalue weighted by Gasteiger charge is -2.09. The summed E-state index contributed by atoms with van der Waals surface area (Å²) in [5.41, 5.74) is 9.43. The quantitative estimate of drug-likeness (QED) is 0.167. The Hall–Kier alpha value is -7.44. The molecule has 11 rings (SSSR count). The monoisotopic (exact) mass is 776 g/mol. The van der Waals surface area contributed by atoms with Gasteiger partial charge in [-0.3, -0.25) is 0 Å². The SMILES string of the molecule is N#Cc1ccc(-c2ccc(-c3nc(-c4ccccc4)nc(-c4ccc5sc6c(-c7nc(-c8ccccc8)c8sc9ccccc9c8n7)cccc6c5c4)n3)cc2)cc1. The van der Waals surface area contributed by atoms with Crippen LogP contribution in [0.15, 0.2) is 170 Å². The second-order valence-corrected chi connectivity index (χ2v) is 16.1. The maximum atomic E-state index is 9.23. The van der Waals surface area contributed by atoms with Crippen molar-refractivity contribution >= 4 is 63.1 Å². The van der Waals surface area contributed by atoms with E-state index in [9.17, 15) is 5.26 Å². The van der Waals surface area contributed by atoms with Gasteiger partial charge in [0, 0.05) is 58.1 Å². The fraction of sp³-hybridized carbons (Fsp3) is 0. The van der Waals surface area contributed by atoms with Crippen molar-refractivity contribution in [3.05, 3.63) is 175 Å². The van der Waals surface area contributed by atoms with E-state index in [1.807, 2.05) is 72.8 Å². The summed E-state index contributed by atoms with van der Waals surface area (Å²) in [5.74, 6) is 2.52. The normalized spacial score (nSPS) is 11.4. The Bertz CT molecular complexity index is 3390. The van der Waals surface area contributed by atoms with Crippen LogP contribution < -0.4 is 0 Å². The molecule has 0 radical (unpaired) electrons. The molecule has 0 aliphatic heterocycles. The molecule has 4 aromatic heterocycles. The fourth-order valence-corrected chi connectivity index (χ4v) is 9.86. The minimum Gasteiger partial charge on any atom is -0.226 e. The molecule has 0 aliphatic rings. The Balaban J connectivity index is 1.04. The molecule has 0 saturated carbocycles. The molecule has 270 valence electrons. The van der Waals surface area contributed by atoms with Crippen molar-refractivity contribution < 1.29 is 0 Å². The molecule has 7 aromatic carbocycles. The van der Waals surface area contributed by atoms with E-state index in [0.29, 0.717) is 28.9 Å². The van der Waals surface area contributed by atoms with Gasteiger partial charge in [0.15, 0.2) is 23.3 Å². The number of aromatic nitrogens is 5. The van der Waals surface area contributed by atoms with Gasteiger partial charge < -0.3 is 0 Å². The zero-order chi connectivity index (χ0) is 38.6. The third-order valence-corrected chi connectivity index (χ3v) is 12.8. The molecule has 0 unspecified atom stereocenters. The highest BCUT2D eigenvalue weighted by Gasteiger charge is 2.20. The van der Waals surface area contributed by atoms with Gasteiger partial charge in [0.05, 0.1) is 27.5 Å². The Kier molecular flexibility index (Phi) is 8.14. The third-order valence-electron chi connectivity index (χ3n) is 10.4. The molecule has 0 aliphatic carbocycles. The first-order chi connectivity index (χ1) is 28.7. The molecule has 0 atom stereocenters. The van der Waals surface area contributed by atoms with E-state index in [4.69, 9.17) is 24.9 Å². The van der Waals surface area contributed by atoms with Gasteiger partial charge >= 0.3 is 0 Å². The van der Waals surface area contributed by atoms with Crippen LogP contribution in [0.25, 0.3) is 108 Å². The fourth-order valence-electron chi connectivity index (χ4n) is 7.52. The summed E-state index contributed by atoms with van der Waals surface area (Å²) in [6.07, 6.45) is 0. The minimum atomic E-state index is 0.593. The van der Waals surface area contributed by atoms with E-state index in [1.165, 1.54) is 4.70 Å². The van der Waals surface area contributed by atoms with Gasteiger partial charge in [0.2, 0.25) is 0 Å². The van der Waals surface area contributed by atoms with Crippen molar-refractivity contribution in [1.29, 1.82) is 5.26 Å². The first-order valence-electron chi connectivity index (χ1n) is 18.8. The van der Waals surface area contributed by atoms with Crippen LogP contribution in [0.2, 0.25) is 0 Å². The topological polar surface area (TPSA) is 88.2 Å². The molecule has 11 aromatic rings. The van der Waals surface area contributed by atoms with Gasteiger partial charge in [-0.25, -0.2) is 24.9 Å². The molecule has 4 heterocycles. The van der Waals surface area contributed by atoms with Crippen LogP contribution in [0.3, 0.4) is 0 Å². The van der Waals surface area contributed by atoms with E-state index < -0.39 is 0 Å². The van der Waals surface area contributed by atoms with Gasteiger partial charge in [-0.1, -0.05) is 127 Å². The van der Waals surface area contributed by atoms with E-state index in [-0.39, 0.29) is 0 Å². The number of fused-ring (bicyclic) bond motifs is 6. The zero-order valence-electron chi connectivity index (χ0n) is 30.7. The number of rotatable bonds is 6. The maximum absolute atomic E-state index is 9.23. The first kappa shape index (κ1) is 33.9. The molecule has 58 heavy (non-hydrogen) atoms. The Labute approximate surface area is 341 Å². The average Bonchev–Trinajstić information content (AvgIpc) is 3.87. The van der Waals surface area contributed by atoms with Crippen LogP contribution in [0, 0.1) is 11.3 Å².